The zero-order valence-electron chi connectivity index (χ0n) is 9.71. The van der Waals surface area contributed by atoms with Gasteiger partial charge in [0, 0.05) is 18.7 Å². The van der Waals surface area contributed by atoms with Crippen LogP contribution < -0.4 is 15.4 Å². The Balaban J connectivity index is 2.34. The van der Waals surface area contributed by atoms with Crippen molar-refractivity contribution in [1.29, 1.82) is 5.26 Å². The molecule has 0 saturated carbocycles. The number of carbonyl (C=O) groups excluding carboxylic acids is 2. The number of carbonyl (C=O) groups is 2. The minimum absolute atomic E-state index is 0.121. The van der Waals surface area contributed by atoms with E-state index >= 15 is 0 Å². The molecule has 1 atom stereocenters. The molecule has 92 valence electrons. The van der Waals surface area contributed by atoms with E-state index in [0.29, 0.717) is 6.54 Å². The lowest BCUT2D eigenvalue weighted by Gasteiger charge is -2.09. The lowest BCUT2D eigenvalue weighted by atomic mass is 10.1. The monoisotopic (exact) mass is 245 g/mol. The summed E-state index contributed by atoms with van der Waals surface area (Å²) >= 11 is 0. The Morgan fingerprint density at radius 1 is 1.56 bits per heavy atom. The highest BCUT2D eigenvalue weighted by Gasteiger charge is 2.34. The number of ether oxygens (including phenoxy) is 1. The molecule has 0 spiro atoms. The van der Waals surface area contributed by atoms with Crippen LogP contribution in [0.3, 0.4) is 0 Å². The zero-order chi connectivity index (χ0) is 13.3. The summed E-state index contributed by atoms with van der Waals surface area (Å²) in [5.41, 5.74) is 6.06. The van der Waals surface area contributed by atoms with E-state index in [1.807, 2.05) is 4.90 Å². The van der Waals surface area contributed by atoms with Crippen LogP contribution in [0.25, 0.3) is 0 Å². The predicted molar refractivity (Wildman–Crippen MR) is 63.0 cm³/mol. The third kappa shape index (κ3) is 2.25. The van der Waals surface area contributed by atoms with Crippen LogP contribution in [-0.4, -0.2) is 24.5 Å². The van der Waals surface area contributed by atoms with E-state index in [4.69, 9.17) is 15.7 Å². The normalized spacial score (nSPS) is 16.9. The number of esters is 1. The number of hydrogen-bond acceptors (Lipinski definition) is 5. The Hall–Kier alpha value is -2.55. The van der Waals surface area contributed by atoms with Crippen molar-refractivity contribution in [1.82, 2.24) is 0 Å². The van der Waals surface area contributed by atoms with E-state index in [0.717, 1.165) is 5.69 Å². The molecule has 1 aromatic carbocycles. The third-order valence-electron chi connectivity index (χ3n) is 2.58. The van der Waals surface area contributed by atoms with Crippen molar-refractivity contribution in [3.63, 3.8) is 0 Å². The SMILES string of the molecule is CC(=O)Oc1cc(N2CC2C#N)ccc1C(N)=O. The van der Waals surface area contributed by atoms with Gasteiger partial charge < -0.3 is 15.4 Å². The van der Waals surface area contributed by atoms with Crippen molar-refractivity contribution in [2.24, 2.45) is 5.73 Å². The topological polar surface area (TPSA) is 96.2 Å². The molecular weight excluding hydrogens is 234 g/mol. The number of benzene rings is 1. The van der Waals surface area contributed by atoms with Gasteiger partial charge in [-0.25, -0.2) is 0 Å². The second-order valence-corrected chi connectivity index (χ2v) is 3.94. The number of nitriles is 1. The van der Waals surface area contributed by atoms with Gasteiger partial charge in [-0.2, -0.15) is 5.26 Å². The van der Waals surface area contributed by atoms with E-state index in [-0.39, 0.29) is 17.4 Å². The highest BCUT2D eigenvalue weighted by Crippen LogP contribution is 2.32. The summed E-state index contributed by atoms with van der Waals surface area (Å²) in [5, 5.41) is 8.74. The van der Waals surface area contributed by atoms with Crippen molar-refractivity contribution in [2.75, 3.05) is 11.4 Å². The van der Waals surface area contributed by atoms with Gasteiger partial charge in [0.1, 0.15) is 11.8 Å². The first-order valence-corrected chi connectivity index (χ1v) is 5.31. The van der Waals surface area contributed by atoms with Crippen LogP contribution in [0.5, 0.6) is 5.75 Å². The van der Waals surface area contributed by atoms with Crippen molar-refractivity contribution in [3.8, 4) is 11.8 Å². The number of nitrogens with zero attached hydrogens (tertiary/aromatic N) is 2. The van der Waals surface area contributed by atoms with Crippen LogP contribution in [0, 0.1) is 11.3 Å². The lowest BCUT2D eigenvalue weighted by Crippen LogP contribution is -2.15. The van der Waals surface area contributed by atoms with Crippen LogP contribution >= 0.6 is 0 Å². The summed E-state index contributed by atoms with van der Waals surface area (Å²) in [7, 11) is 0. The van der Waals surface area contributed by atoms with Crippen LogP contribution in [0.2, 0.25) is 0 Å². The van der Waals surface area contributed by atoms with Gasteiger partial charge in [0.15, 0.2) is 0 Å². The molecule has 1 heterocycles. The number of hydrogen-bond donors (Lipinski definition) is 1. The molecule has 2 N–H and O–H groups in total. The standard InChI is InChI=1S/C12H11N3O3/c1-7(16)18-11-4-8(15-6-9(15)5-13)2-3-10(11)12(14)17/h2-4,9H,6H2,1H3,(H2,14,17). The fourth-order valence-electron chi connectivity index (χ4n) is 1.67. The molecule has 6 heteroatoms. The first-order valence-electron chi connectivity index (χ1n) is 5.31. The minimum atomic E-state index is -0.666. The molecule has 0 aromatic heterocycles. The molecule has 1 aliphatic rings. The van der Waals surface area contributed by atoms with Crippen molar-refractivity contribution in [2.45, 2.75) is 13.0 Å². The number of nitrogens with two attached hydrogens (primary N) is 1. The Bertz CT molecular complexity index is 562. The highest BCUT2D eigenvalue weighted by atomic mass is 16.5. The number of primary amides is 1. The quantitative estimate of drug-likeness (QED) is 0.473. The summed E-state index contributed by atoms with van der Waals surface area (Å²) in [6.45, 7) is 1.87. The molecule has 1 unspecified atom stereocenters. The number of amides is 1. The van der Waals surface area contributed by atoms with Gasteiger partial charge in [-0.15, -0.1) is 0 Å². The van der Waals surface area contributed by atoms with Gasteiger partial charge in [0.05, 0.1) is 18.2 Å². The maximum Gasteiger partial charge on any atom is 0.308 e. The average molecular weight is 245 g/mol. The molecule has 1 amide bonds. The van der Waals surface area contributed by atoms with Crippen LogP contribution in [0.1, 0.15) is 17.3 Å². The van der Waals surface area contributed by atoms with Crippen LogP contribution in [0.4, 0.5) is 5.69 Å². The molecule has 6 nitrogen and oxygen atoms in total. The maximum absolute atomic E-state index is 11.2. The second-order valence-electron chi connectivity index (χ2n) is 3.94. The molecular formula is C12H11N3O3. The molecule has 1 aromatic rings. The summed E-state index contributed by atoms with van der Waals surface area (Å²) in [4.78, 5) is 24.0. The van der Waals surface area contributed by atoms with Gasteiger partial charge >= 0.3 is 5.97 Å². The number of anilines is 1. The number of rotatable bonds is 3. The van der Waals surface area contributed by atoms with Gasteiger partial charge in [0.25, 0.3) is 5.91 Å². The molecule has 0 radical (unpaired) electrons. The maximum atomic E-state index is 11.2. The largest absolute Gasteiger partial charge is 0.426 e. The molecule has 0 aliphatic carbocycles. The predicted octanol–water partition coefficient (Wildman–Crippen LogP) is 0.423. The molecule has 1 aliphatic heterocycles. The molecule has 1 saturated heterocycles. The van der Waals surface area contributed by atoms with Gasteiger partial charge in [-0.1, -0.05) is 0 Å². The first kappa shape index (κ1) is 11.9. The molecule has 2 rings (SSSR count). The van der Waals surface area contributed by atoms with Gasteiger partial charge in [-0.3, -0.25) is 9.59 Å². The lowest BCUT2D eigenvalue weighted by molar-refractivity contribution is -0.131. The Kier molecular flexibility index (Phi) is 2.90. The minimum Gasteiger partial charge on any atom is -0.426 e. The Morgan fingerprint density at radius 2 is 2.28 bits per heavy atom. The van der Waals surface area contributed by atoms with E-state index < -0.39 is 11.9 Å². The summed E-state index contributed by atoms with van der Waals surface area (Å²) in [6.07, 6.45) is 0. The van der Waals surface area contributed by atoms with Gasteiger partial charge in [0.2, 0.25) is 0 Å². The Morgan fingerprint density at radius 3 is 2.78 bits per heavy atom. The van der Waals surface area contributed by atoms with E-state index in [9.17, 15) is 9.59 Å². The summed E-state index contributed by atoms with van der Waals surface area (Å²) in [5.74, 6) is -1.08. The second kappa shape index (κ2) is 4.37. The van der Waals surface area contributed by atoms with E-state index in [1.165, 1.54) is 13.0 Å². The smallest absolute Gasteiger partial charge is 0.308 e. The molecule has 1 fully saturated rings. The zero-order valence-corrected chi connectivity index (χ0v) is 9.71. The van der Waals surface area contributed by atoms with Gasteiger partial charge in [-0.05, 0) is 12.1 Å². The van der Waals surface area contributed by atoms with Crippen LogP contribution in [-0.2, 0) is 4.79 Å². The highest BCUT2D eigenvalue weighted by molar-refractivity contribution is 5.97. The average Bonchev–Trinajstić information content (AvgIpc) is 3.06. The summed E-state index contributed by atoms with van der Waals surface area (Å²) < 4.78 is 4.94. The first-order chi connectivity index (χ1) is 8.52. The van der Waals surface area contributed by atoms with E-state index in [2.05, 4.69) is 6.07 Å². The molecule has 18 heavy (non-hydrogen) atoms. The summed E-state index contributed by atoms with van der Waals surface area (Å²) in [6, 6.07) is 6.65. The van der Waals surface area contributed by atoms with Crippen molar-refractivity contribution in [3.05, 3.63) is 23.8 Å². The van der Waals surface area contributed by atoms with Crippen molar-refractivity contribution < 1.29 is 14.3 Å². The van der Waals surface area contributed by atoms with Crippen LogP contribution in [0.15, 0.2) is 18.2 Å². The van der Waals surface area contributed by atoms with Crippen molar-refractivity contribution >= 4 is 17.6 Å². The third-order valence-corrected chi connectivity index (χ3v) is 2.58. The molecule has 0 bridgehead atoms. The van der Waals surface area contributed by atoms with E-state index in [1.54, 1.807) is 12.1 Å². The fourth-order valence-corrected chi connectivity index (χ4v) is 1.67. The fraction of sp³-hybridized carbons (Fsp3) is 0.250. The Labute approximate surface area is 104 Å².